The molecule has 7 heteroatoms. The van der Waals surface area contributed by atoms with Crippen LogP contribution in [0, 0.1) is 5.92 Å². The van der Waals surface area contributed by atoms with Gasteiger partial charge < -0.3 is 15.0 Å². The Balaban J connectivity index is 1.04. The molecule has 2 fully saturated rings. The Labute approximate surface area is 233 Å². The molecule has 3 aliphatic heterocycles. The lowest BCUT2D eigenvalue weighted by molar-refractivity contribution is -0.128. The largest absolute Gasteiger partial charge is 0.489 e. The maximum Gasteiger partial charge on any atom is 0.260 e. The first-order chi connectivity index (χ1) is 17.9. The van der Waals surface area contributed by atoms with E-state index in [9.17, 15) is 4.79 Å². The molecular formula is C30H36BrN3O2S. The molecule has 3 atom stereocenters. The first-order valence-electron chi connectivity index (χ1n) is 13.6. The van der Waals surface area contributed by atoms with Gasteiger partial charge in [-0.05, 0) is 109 Å². The van der Waals surface area contributed by atoms with Crippen LogP contribution in [0.5, 0.6) is 5.75 Å². The maximum absolute atomic E-state index is 13.5. The van der Waals surface area contributed by atoms with E-state index in [4.69, 9.17) is 4.74 Å². The van der Waals surface area contributed by atoms with Gasteiger partial charge in [0.25, 0.3) is 5.91 Å². The van der Waals surface area contributed by atoms with Gasteiger partial charge in [0, 0.05) is 43.0 Å². The van der Waals surface area contributed by atoms with Crippen LogP contribution < -0.4 is 10.1 Å². The average molecular weight is 583 g/mol. The Hall–Kier alpha value is -1.80. The second kappa shape index (κ2) is 10.4. The number of carbonyl (C=O) groups is 1. The summed E-state index contributed by atoms with van der Waals surface area (Å²) < 4.78 is 7.28. The highest BCUT2D eigenvalue weighted by molar-refractivity contribution is 9.10. The second-order valence-electron chi connectivity index (χ2n) is 11.1. The standard InChI is InChI=1S/C30H36BrN3O2S/c1-18-4-7-26-29-23(28(18)29)16-27(37-26)30(35)33(3)21-10-13-34(19(2)14-21)17-20-5-6-25(24(31)15-20)36-22-8-11-32-12-9-22/h4-7,15-16,19,21-22,29,32H,8-14,17H2,1-3H3/t19-,21?,29?/m1/s1. The number of thioether (sulfide) groups is 1. The van der Waals surface area contributed by atoms with Gasteiger partial charge in [-0.2, -0.15) is 0 Å². The molecule has 5 aliphatic rings. The Kier molecular flexibility index (Phi) is 7.16. The molecule has 3 heterocycles. The number of nitrogens with zero attached hydrogens (tertiary/aromatic N) is 2. The fourth-order valence-electron chi connectivity index (χ4n) is 6.23. The number of ether oxygens (including phenoxy) is 1. The van der Waals surface area contributed by atoms with Crippen molar-refractivity contribution in [3.63, 3.8) is 0 Å². The molecule has 0 saturated carbocycles. The van der Waals surface area contributed by atoms with Crippen LogP contribution >= 0.6 is 27.7 Å². The molecule has 0 spiro atoms. The van der Waals surface area contributed by atoms with Crippen molar-refractivity contribution in [1.29, 1.82) is 0 Å². The molecule has 0 aromatic heterocycles. The Morgan fingerprint density at radius 3 is 2.81 bits per heavy atom. The van der Waals surface area contributed by atoms with E-state index in [1.54, 1.807) is 11.8 Å². The van der Waals surface area contributed by atoms with Gasteiger partial charge in [-0.25, -0.2) is 0 Å². The van der Waals surface area contributed by atoms with Crippen molar-refractivity contribution in [3.05, 3.63) is 73.0 Å². The van der Waals surface area contributed by atoms with Crippen LogP contribution in [0.2, 0.25) is 0 Å². The van der Waals surface area contributed by atoms with E-state index in [0.717, 1.165) is 67.0 Å². The molecule has 1 N–H and O–H groups in total. The van der Waals surface area contributed by atoms with Crippen LogP contribution in [0.25, 0.3) is 0 Å². The lowest BCUT2D eigenvalue weighted by Gasteiger charge is -2.41. The van der Waals surface area contributed by atoms with Gasteiger partial charge in [-0.3, -0.25) is 9.69 Å². The molecule has 0 bridgehead atoms. The Morgan fingerprint density at radius 2 is 2.05 bits per heavy atom. The van der Waals surface area contributed by atoms with Crippen LogP contribution in [-0.4, -0.2) is 60.6 Å². The number of nitrogens with one attached hydrogen (secondary N) is 1. The number of hydrogen-bond acceptors (Lipinski definition) is 5. The van der Waals surface area contributed by atoms with Crippen molar-refractivity contribution in [2.24, 2.45) is 5.92 Å². The van der Waals surface area contributed by atoms with E-state index < -0.39 is 0 Å². The lowest BCUT2D eigenvalue weighted by Crippen LogP contribution is -2.49. The molecule has 6 rings (SSSR count). The summed E-state index contributed by atoms with van der Waals surface area (Å²) in [5.41, 5.74) is 5.43. The fourth-order valence-corrected chi connectivity index (χ4v) is 7.92. The first-order valence-corrected chi connectivity index (χ1v) is 15.2. The topological polar surface area (TPSA) is 44.8 Å². The molecule has 1 aromatic rings. The number of rotatable bonds is 6. The van der Waals surface area contributed by atoms with Crippen LogP contribution in [-0.2, 0) is 11.3 Å². The summed E-state index contributed by atoms with van der Waals surface area (Å²) in [7, 11) is 2.00. The summed E-state index contributed by atoms with van der Waals surface area (Å²) in [5.74, 6) is 1.59. The van der Waals surface area contributed by atoms with E-state index in [0.29, 0.717) is 18.1 Å². The molecule has 37 heavy (non-hydrogen) atoms. The predicted octanol–water partition coefficient (Wildman–Crippen LogP) is 5.79. The normalized spacial score (nSPS) is 27.7. The highest BCUT2D eigenvalue weighted by atomic mass is 79.9. The van der Waals surface area contributed by atoms with Crippen LogP contribution in [0.3, 0.4) is 0 Å². The second-order valence-corrected chi connectivity index (χ2v) is 13.0. The summed E-state index contributed by atoms with van der Waals surface area (Å²) in [4.78, 5) is 20.2. The lowest BCUT2D eigenvalue weighted by atomic mass is 9.96. The first kappa shape index (κ1) is 25.5. The predicted molar refractivity (Wildman–Crippen MR) is 154 cm³/mol. The van der Waals surface area contributed by atoms with Crippen molar-refractivity contribution in [2.45, 2.75) is 64.3 Å². The number of allylic oxidation sites excluding steroid dienone is 7. The molecule has 2 unspecified atom stereocenters. The number of halogens is 1. The highest BCUT2D eigenvalue weighted by Gasteiger charge is 2.45. The van der Waals surface area contributed by atoms with Crippen molar-refractivity contribution in [2.75, 3.05) is 26.7 Å². The molecule has 1 amide bonds. The summed E-state index contributed by atoms with van der Waals surface area (Å²) in [5, 5.41) is 3.39. The summed E-state index contributed by atoms with van der Waals surface area (Å²) >= 11 is 5.41. The molecule has 2 aliphatic carbocycles. The van der Waals surface area contributed by atoms with Crippen molar-refractivity contribution < 1.29 is 9.53 Å². The Morgan fingerprint density at radius 1 is 1.24 bits per heavy atom. The minimum absolute atomic E-state index is 0.173. The van der Waals surface area contributed by atoms with E-state index in [-0.39, 0.29) is 11.9 Å². The van der Waals surface area contributed by atoms with E-state index in [1.807, 2.05) is 11.9 Å². The Bertz CT molecular complexity index is 1230. The number of benzene rings is 1. The van der Waals surface area contributed by atoms with Crippen LogP contribution in [0.4, 0.5) is 0 Å². The average Bonchev–Trinajstić information content (AvgIpc) is 3.64. The summed E-state index contributed by atoms with van der Waals surface area (Å²) in [6.07, 6.45) is 11.0. The molecule has 5 nitrogen and oxygen atoms in total. The molecule has 2 saturated heterocycles. The zero-order valence-electron chi connectivity index (χ0n) is 21.9. The summed E-state index contributed by atoms with van der Waals surface area (Å²) in [6.45, 7) is 8.43. The van der Waals surface area contributed by atoms with Gasteiger partial charge in [-0.1, -0.05) is 30.0 Å². The zero-order chi connectivity index (χ0) is 25.7. The minimum Gasteiger partial charge on any atom is -0.489 e. The van der Waals surface area contributed by atoms with Gasteiger partial charge >= 0.3 is 0 Å². The highest BCUT2D eigenvalue weighted by Crippen LogP contribution is 2.59. The van der Waals surface area contributed by atoms with Gasteiger partial charge in [0.2, 0.25) is 0 Å². The number of carbonyl (C=O) groups excluding carboxylic acids is 1. The number of piperidine rings is 2. The van der Waals surface area contributed by atoms with Crippen molar-refractivity contribution in [1.82, 2.24) is 15.1 Å². The number of hydrogen-bond donors (Lipinski definition) is 1. The molecule has 1 aromatic carbocycles. The van der Waals surface area contributed by atoms with Gasteiger partial charge in [0.05, 0.1) is 9.38 Å². The molecule has 196 valence electrons. The summed E-state index contributed by atoms with van der Waals surface area (Å²) in [6, 6.07) is 7.21. The van der Waals surface area contributed by atoms with Gasteiger partial charge in [-0.15, -0.1) is 0 Å². The van der Waals surface area contributed by atoms with E-state index in [1.165, 1.54) is 27.2 Å². The van der Waals surface area contributed by atoms with Crippen molar-refractivity contribution in [3.8, 4) is 5.75 Å². The van der Waals surface area contributed by atoms with Gasteiger partial charge in [0.15, 0.2) is 0 Å². The van der Waals surface area contributed by atoms with Gasteiger partial charge in [0.1, 0.15) is 11.9 Å². The minimum atomic E-state index is 0.173. The molecule has 0 radical (unpaired) electrons. The van der Waals surface area contributed by atoms with E-state index in [2.05, 4.69) is 76.4 Å². The third-order valence-electron chi connectivity index (χ3n) is 8.58. The SMILES string of the molecule is CC1=CC=C2SC(C(=O)N(C)C3CCN(Cc4ccc(OC5CCNCC5)c(Br)c4)[C@H](C)C3)=CC3=C1C23. The zero-order valence-corrected chi connectivity index (χ0v) is 24.3. The maximum atomic E-state index is 13.5. The molecular weight excluding hydrogens is 546 g/mol. The fraction of sp³-hybridized carbons (Fsp3) is 0.500. The van der Waals surface area contributed by atoms with Crippen molar-refractivity contribution >= 4 is 33.6 Å². The third kappa shape index (κ3) is 5.12. The quantitative estimate of drug-likeness (QED) is 0.460. The number of likely N-dealkylation sites (tertiary alicyclic amines) is 1. The smallest absolute Gasteiger partial charge is 0.260 e. The number of amides is 1. The van der Waals surface area contributed by atoms with Crippen LogP contribution in [0.15, 0.2) is 67.4 Å². The third-order valence-corrected chi connectivity index (χ3v) is 10.3. The monoisotopic (exact) mass is 581 g/mol. The van der Waals surface area contributed by atoms with Crippen LogP contribution in [0.1, 0.15) is 45.1 Å². The number of likely N-dealkylation sites (N-methyl/N-ethyl adjacent to an activating group) is 1. The van der Waals surface area contributed by atoms with E-state index >= 15 is 0 Å².